The fourth-order valence-corrected chi connectivity index (χ4v) is 1.74. The largest absolute Gasteiger partial charge is 0.481 e. The van der Waals surface area contributed by atoms with Crippen molar-refractivity contribution in [3.05, 3.63) is 34.9 Å². The van der Waals surface area contributed by atoms with E-state index in [0.717, 1.165) is 5.56 Å². The first-order valence-corrected chi connectivity index (χ1v) is 6.01. The van der Waals surface area contributed by atoms with Crippen molar-refractivity contribution in [2.45, 2.75) is 32.3 Å². The number of benzene rings is 1. The second-order valence-electron chi connectivity index (χ2n) is 4.03. The number of hydrogen-bond acceptors (Lipinski definition) is 3. The first kappa shape index (κ1) is 14.5. The van der Waals surface area contributed by atoms with E-state index in [0.29, 0.717) is 11.4 Å². The molecule has 5 heteroatoms. The van der Waals surface area contributed by atoms with Crippen molar-refractivity contribution in [2.24, 2.45) is 0 Å². The number of ether oxygens (including phenoxy) is 1. The van der Waals surface area contributed by atoms with E-state index in [2.05, 4.69) is 0 Å². The summed E-state index contributed by atoms with van der Waals surface area (Å²) in [5, 5.41) is 9.08. The summed E-state index contributed by atoms with van der Waals surface area (Å²) in [5.41, 5.74) is 0.973. The Hall–Kier alpha value is -1.55. The topological polar surface area (TPSA) is 63.6 Å². The van der Waals surface area contributed by atoms with Gasteiger partial charge in [-0.05, 0) is 24.6 Å². The molecule has 0 aliphatic rings. The lowest BCUT2D eigenvalue weighted by Gasteiger charge is -2.13. The Balaban J connectivity index is 2.39. The molecule has 1 N–H and O–H groups in total. The molecule has 0 saturated heterocycles. The molecule has 0 fully saturated rings. The summed E-state index contributed by atoms with van der Waals surface area (Å²) in [6.07, 6.45) is -0.0538. The van der Waals surface area contributed by atoms with Crippen LogP contribution in [0.1, 0.15) is 25.3 Å². The van der Waals surface area contributed by atoms with Gasteiger partial charge < -0.3 is 9.84 Å². The molecular weight excluding hydrogens is 256 g/mol. The van der Waals surface area contributed by atoms with Gasteiger partial charge in [-0.25, -0.2) is 0 Å². The number of carbonyl (C=O) groups excluding carboxylic acids is 1. The Bertz CT molecular complexity index is 431. The third kappa shape index (κ3) is 5.68. The van der Waals surface area contributed by atoms with E-state index in [1.807, 2.05) is 18.2 Å². The fraction of sp³-hybridized carbons (Fsp3) is 0.385. The van der Waals surface area contributed by atoms with E-state index >= 15 is 0 Å². The maximum Gasteiger partial charge on any atom is 0.306 e. The van der Waals surface area contributed by atoms with E-state index in [-0.39, 0.29) is 18.9 Å². The molecule has 1 atom stereocenters. The molecule has 0 amide bonds. The molecule has 0 heterocycles. The lowest BCUT2D eigenvalue weighted by Crippen LogP contribution is -2.18. The number of rotatable bonds is 6. The quantitative estimate of drug-likeness (QED) is 0.807. The van der Waals surface area contributed by atoms with Crippen molar-refractivity contribution in [3.63, 3.8) is 0 Å². The molecule has 0 spiro atoms. The normalized spacial score (nSPS) is 11.9. The first-order chi connectivity index (χ1) is 8.47. The molecule has 0 aromatic heterocycles. The predicted octanol–water partition coefficient (Wildman–Crippen LogP) is 2.68. The molecule has 18 heavy (non-hydrogen) atoms. The van der Waals surface area contributed by atoms with Gasteiger partial charge in [0.2, 0.25) is 0 Å². The van der Waals surface area contributed by atoms with Gasteiger partial charge in [0.05, 0.1) is 12.8 Å². The summed E-state index contributed by atoms with van der Waals surface area (Å²) in [6.45, 7) is 1.76. The third-order valence-corrected chi connectivity index (χ3v) is 2.52. The molecule has 1 aromatic rings. The average molecular weight is 271 g/mol. The van der Waals surface area contributed by atoms with Gasteiger partial charge in [0, 0.05) is 11.4 Å². The van der Waals surface area contributed by atoms with Gasteiger partial charge in [-0.1, -0.05) is 23.7 Å². The maximum absolute atomic E-state index is 11.3. The van der Waals surface area contributed by atoms with Crippen molar-refractivity contribution >= 4 is 23.5 Å². The van der Waals surface area contributed by atoms with Crippen LogP contribution < -0.4 is 0 Å². The van der Waals surface area contributed by atoms with Crippen LogP contribution in [0.3, 0.4) is 0 Å². The van der Waals surface area contributed by atoms with Gasteiger partial charge in [0.15, 0.2) is 0 Å². The van der Waals surface area contributed by atoms with Crippen LogP contribution in [-0.4, -0.2) is 23.1 Å². The Labute approximate surface area is 111 Å². The Kier molecular flexibility index (Phi) is 5.65. The number of halogens is 1. The smallest absolute Gasteiger partial charge is 0.306 e. The minimum atomic E-state index is -1.01. The zero-order chi connectivity index (χ0) is 13.5. The second-order valence-corrected chi connectivity index (χ2v) is 4.46. The van der Waals surface area contributed by atoms with Crippen molar-refractivity contribution in [2.75, 3.05) is 0 Å². The molecule has 0 aliphatic heterocycles. The summed E-state index contributed by atoms with van der Waals surface area (Å²) < 4.78 is 5.10. The third-order valence-electron chi connectivity index (χ3n) is 2.29. The van der Waals surface area contributed by atoms with Gasteiger partial charge in [-0.3, -0.25) is 9.59 Å². The highest BCUT2D eigenvalue weighted by atomic mass is 35.5. The van der Waals surface area contributed by atoms with E-state index in [1.54, 1.807) is 13.0 Å². The number of carboxylic acids is 1. The van der Waals surface area contributed by atoms with Gasteiger partial charge in [0.1, 0.15) is 6.10 Å². The molecule has 0 radical (unpaired) electrons. The summed E-state index contributed by atoms with van der Waals surface area (Å²) in [5.74, 6) is -1.50. The summed E-state index contributed by atoms with van der Waals surface area (Å²) in [4.78, 5) is 21.6. The lowest BCUT2D eigenvalue weighted by molar-refractivity contribution is -0.151. The average Bonchev–Trinajstić information content (AvgIpc) is 2.26. The molecule has 1 aromatic carbocycles. The number of esters is 1. The maximum atomic E-state index is 11.3. The molecule has 0 aliphatic carbocycles. The number of carboxylic acid groups (broad SMARTS) is 1. The lowest BCUT2D eigenvalue weighted by atomic mass is 10.1. The van der Waals surface area contributed by atoms with Crippen LogP contribution in [-0.2, 0) is 20.7 Å². The number of aliphatic carboxylic acids is 1. The SMILES string of the molecule is C[C@@H](Cc1cccc(Cl)c1)OC(=O)CCC(=O)O. The van der Waals surface area contributed by atoms with Crippen molar-refractivity contribution in [3.8, 4) is 0 Å². The highest BCUT2D eigenvalue weighted by molar-refractivity contribution is 6.30. The summed E-state index contributed by atoms with van der Waals surface area (Å²) >= 11 is 5.85. The van der Waals surface area contributed by atoms with Crippen LogP contribution in [0, 0.1) is 0 Å². The first-order valence-electron chi connectivity index (χ1n) is 5.63. The van der Waals surface area contributed by atoms with Crippen LogP contribution in [0.25, 0.3) is 0 Å². The zero-order valence-electron chi connectivity index (χ0n) is 10.1. The number of hydrogen-bond donors (Lipinski definition) is 1. The van der Waals surface area contributed by atoms with E-state index in [1.165, 1.54) is 0 Å². The predicted molar refractivity (Wildman–Crippen MR) is 67.6 cm³/mol. The summed E-state index contributed by atoms with van der Waals surface area (Å²) in [7, 11) is 0. The highest BCUT2D eigenvalue weighted by Crippen LogP contribution is 2.13. The van der Waals surface area contributed by atoms with E-state index < -0.39 is 11.9 Å². The second kappa shape index (κ2) is 7.01. The Morgan fingerprint density at radius 3 is 2.72 bits per heavy atom. The van der Waals surface area contributed by atoms with Crippen LogP contribution >= 0.6 is 11.6 Å². The zero-order valence-corrected chi connectivity index (χ0v) is 10.8. The standard InChI is InChI=1S/C13H15ClO4/c1-9(18-13(17)6-5-12(15)16)7-10-3-2-4-11(14)8-10/h2-4,8-9H,5-7H2,1H3,(H,15,16)/t9-/m0/s1. The van der Waals surface area contributed by atoms with Crippen LogP contribution in [0.15, 0.2) is 24.3 Å². The Morgan fingerprint density at radius 1 is 1.39 bits per heavy atom. The molecule has 98 valence electrons. The highest BCUT2D eigenvalue weighted by Gasteiger charge is 2.12. The van der Waals surface area contributed by atoms with E-state index in [4.69, 9.17) is 21.4 Å². The van der Waals surface area contributed by atoms with Gasteiger partial charge in [-0.2, -0.15) is 0 Å². The van der Waals surface area contributed by atoms with Crippen molar-refractivity contribution in [1.82, 2.24) is 0 Å². The monoisotopic (exact) mass is 270 g/mol. The van der Waals surface area contributed by atoms with Gasteiger partial charge in [-0.15, -0.1) is 0 Å². The molecule has 1 rings (SSSR count). The van der Waals surface area contributed by atoms with Crippen LogP contribution in [0.2, 0.25) is 5.02 Å². The molecule has 0 bridgehead atoms. The molecule has 4 nitrogen and oxygen atoms in total. The molecular formula is C13H15ClO4. The van der Waals surface area contributed by atoms with Gasteiger partial charge in [0.25, 0.3) is 0 Å². The van der Waals surface area contributed by atoms with Crippen LogP contribution in [0.5, 0.6) is 0 Å². The fourth-order valence-electron chi connectivity index (χ4n) is 1.53. The van der Waals surface area contributed by atoms with Gasteiger partial charge >= 0.3 is 11.9 Å². The summed E-state index contributed by atoms with van der Waals surface area (Å²) in [6, 6.07) is 7.31. The van der Waals surface area contributed by atoms with Crippen molar-refractivity contribution in [1.29, 1.82) is 0 Å². The molecule has 0 unspecified atom stereocenters. The minimum Gasteiger partial charge on any atom is -0.481 e. The minimum absolute atomic E-state index is 0.102. The number of carbonyl (C=O) groups is 2. The molecule has 0 saturated carbocycles. The van der Waals surface area contributed by atoms with Crippen LogP contribution in [0.4, 0.5) is 0 Å². The Morgan fingerprint density at radius 2 is 2.11 bits per heavy atom. The van der Waals surface area contributed by atoms with E-state index in [9.17, 15) is 9.59 Å². The van der Waals surface area contributed by atoms with Crippen molar-refractivity contribution < 1.29 is 19.4 Å².